The second-order valence-corrected chi connectivity index (χ2v) is 2.66. The standard InChI is InChI=1S/C9H7F3O3/c1-4-7(12)5(10)3-6(11)8(4)15-9(13)14-2/h3H,1-2H3. The molecule has 0 N–H and O–H groups in total. The molecule has 82 valence electrons. The molecular formula is C9H7F3O3. The highest BCUT2D eigenvalue weighted by molar-refractivity contribution is 5.64. The van der Waals surface area contributed by atoms with Crippen LogP contribution >= 0.6 is 0 Å². The van der Waals surface area contributed by atoms with Gasteiger partial charge in [0, 0.05) is 11.6 Å². The molecule has 0 saturated carbocycles. The van der Waals surface area contributed by atoms with Crippen molar-refractivity contribution in [1.82, 2.24) is 0 Å². The Hall–Kier alpha value is -1.72. The maximum atomic E-state index is 13.0. The van der Waals surface area contributed by atoms with Gasteiger partial charge >= 0.3 is 6.16 Å². The molecule has 0 unspecified atom stereocenters. The molecule has 0 fully saturated rings. The summed E-state index contributed by atoms with van der Waals surface area (Å²) >= 11 is 0. The average molecular weight is 220 g/mol. The zero-order valence-electron chi connectivity index (χ0n) is 7.94. The van der Waals surface area contributed by atoms with Crippen LogP contribution in [0.25, 0.3) is 0 Å². The minimum Gasteiger partial charge on any atom is -0.437 e. The lowest BCUT2D eigenvalue weighted by molar-refractivity contribution is 0.119. The van der Waals surface area contributed by atoms with Crippen LogP contribution in [0, 0.1) is 24.4 Å². The minimum absolute atomic E-state index is 0.292. The highest BCUT2D eigenvalue weighted by Crippen LogP contribution is 2.26. The highest BCUT2D eigenvalue weighted by atomic mass is 19.2. The van der Waals surface area contributed by atoms with E-state index in [0.29, 0.717) is 6.07 Å². The normalized spacial score (nSPS) is 9.93. The van der Waals surface area contributed by atoms with Gasteiger partial charge < -0.3 is 9.47 Å². The first-order valence-electron chi connectivity index (χ1n) is 3.87. The number of hydrogen-bond donors (Lipinski definition) is 0. The van der Waals surface area contributed by atoms with Crippen LogP contribution in [0.3, 0.4) is 0 Å². The van der Waals surface area contributed by atoms with E-state index in [-0.39, 0.29) is 0 Å². The summed E-state index contributed by atoms with van der Waals surface area (Å²) < 4.78 is 47.1. The van der Waals surface area contributed by atoms with Gasteiger partial charge in [0.1, 0.15) is 0 Å². The van der Waals surface area contributed by atoms with Gasteiger partial charge in [0.25, 0.3) is 0 Å². The number of carbonyl (C=O) groups excluding carboxylic acids is 1. The van der Waals surface area contributed by atoms with E-state index in [9.17, 15) is 18.0 Å². The third kappa shape index (κ3) is 2.20. The van der Waals surface area contributed by atoms with Crippen LogP contribution in [0.2, 0.25) is 0 Å². The molecule has 6 heteroatoms. The van der Waals surface area contributed by atoms with Gasteiger partial charge in [-0.1, -0.05) is 0 Å². The molecule has 0 heterocycles. The summed E-state index contributed by atoms with van der Waals surface area (Å²) in [6.07, 6.45) is -1.21. The van der Waals surface area contributed by atoms with Crippen molar-refractivity contribution >= 4 is 6.16 Å². The predicted molar refractivity (Wildman–Crippen MR) is 44.1 cm³/mol. The van der Waals surface area contributed by atoms with Crippen molar-refractivity contribution in [3.63, 3.8) is 0 Å². The third-order valence-corrected chi connectivity index (χ3v) is 1.70. The van der Waals surface area contributed by atoms with Gasteiger partial charge in [0.2, 0.25) is 0 Å². The van der Waals surface area contributed by atoms with Crippen LogP contribution in [0.1, 0.15) is 5.56 Å². The first-order valence-corrected chi connectivity index (χ1v) is 3.87. The average Bonchev–Trinajstić information content (AvgIpc) is 2.21. The molecule has 0 aliphatic carbocycles. The number of ether oxygens (including phenoxy) is 2. The van der Waals surface area contributed by atoms with E-state index in [2.05, 4.69) is 9.47 Å². The van der Waals surface area contributed by atoms with E-state index in [1.165, 1.54) is 0 Å². The number of benzene rings is 1. The van der Waals surface area contributed by atoms with Crippen LogP contribution < -0.4 is 4.74 Å². The van der Waals surface area contributed by atoms with E-state index in [1.807, 2.05) is 0 Å². The molecule has 1 aromatic carbocycles. The molecule has 0 spiro atoms. The maximum Gasteiger partial charge on any atom is 0.513 e. The van der Waals surface area contributed by atoms with Gasteiger partial charge in [0.05, 0.1) is 7.11 Å². The largest absolute Gasteiger partial charge is 0.513 e. The molecule has 0 amide bonds. The van der Waals surface area contributed by atoms with Gasteiger partial charge in [-0.3, -0.25) is 0 Å². The fraction of sp³-hybridized carbons (Fsp3) is 0.222. The molecule has 0 aromatic heterocycles. The van der Waals surface area contributed by atoms with Crippen LogP contribution in [0.15, 0.2) is 6.07 Å². The Morgan fingerprint density at radius 3 is 2.40 bits per heavy atom. The van der Waals surface area contributed by atoms with Gasteiger partial charge in [-0.05, 0) is 6.92 Å². The number of hydrogen-bond acceptors (Lipinski definition) is 3. The zero-order valence-corrected chi connectivity index (χ0v) is 7.94. The predicted octanol–water partition coefficient (Wildman–Crippen LogP) is 2.56. The van der Waals surface area contributed by atoms with Crippen molar-refractivity contribution in [3.8, 4) is 5.75 Å². The third-order valence-electron chi connectivity index (χ3n) is 1.70. The Labute approximate surface area is 83.4 Å². The van der Waals surface area contributed by atoms with Crippen LogP contribution in [0.5, 0.6) is 5.75 Å². The lowest BCUT2D eigenvalue weighted by Crippen LogP contribution is -2.11. The first-order chi connectivity index (χ1) is 6.97. The SMILES string of the molecule is COC(=O)Oc1c(F)cc(F)c(F)c1C. The monoisotopic (exact) mass is 220 g/mol. The Bertz CT molecular complexity index is 404. The summed E-state index contributed by atoms with van der Waals surface area (Å²) in [6.45, 7) is 1.08. The Balaban J connectivity index is 3.18. The van der Waals surface area contributed by atoms with E-state index < -0.39 is 34.9 Å². The molecular weight excluding hydrogens is 213 g/mol. The van der Waals surface area contributed by atoms with Gasteiger partial charge in [-0.2, -0.15) is 0 Å². The van der Waals surface area contributed by atoms with Crippen molar-refractivity contribution in [1.29, 1.82) is 0 Å². The van der Waals surface area contributed by atoms with E-state index in [0.717, 1.165) is 14.0 Å². The maximum absolute atomic E-state index is 13.0. The van der Waals surface area contributed by atoms with E-state index in [4.69, 9.17) is 0 Å². The Kier molecular flexibility index (Phi) is 3.18. The van der Waals surface area contributed by atoms with Crippen LogP contribution in [-0.2, 0) is 4.74 Å². The van der Waals surface area contributed by atoms with Crippen LogP contribution in [0.4, 0.5) is 18.0 Å². The summed E-state index contributed by atoms with van der Waals surface area (Å²) in [7, 11) is 1.01. The lowest BCUT2D eigenvalue weighted by Gasteiger charge is -2.08. The molecule has 0 radical (unpaired) electrons. The highest BCUT2D eigenvalue weighted by Gasteiger charge is 2.19. The van der Waals surface area contributed by atoms with Crippen molar-refractivity contribution in [2.75, 3.05) is 7.11 Å². The fourth-order valence-electron chi connectivity index (χ4n) is 0.948. The zero-order chi connectivity index (χ0) is 11.6. The van der Waals surface area contributed by atoms with Crippen molar-refractivity contribution in [2.24, 2.45) is 0 Å². The van der Waals surface area contributed by atoms with Gasteiger partial charge in [0.15, 0.2) is 23.2 Å². The molecule has 1 rings (SSSR count). The smallest absolute Gasteiger partial charge is 0.437 e. The Morgan fingerprint density at radius 2 is 1.87 bits per heavy atom. The second-order valence-electron chi connectivity index (χ2n) is 2.66. The minimum atomic E-state index is -1.35. The first kappa shape index (κ1) is 11.4. The molecule has 0 aliphatic rings. The topological polar surface area (TPSA) is 35.5 Å². The molecule has 1 aromatic rings. The van der Waals surface area contributed by atoms with Gasteiger partial charge in [-0.15, -0.1) is 0 Å². The van der Waals surface area contributed by atoms with Crippen LogP contribution in [-0.4, -0.2) is 13.3 Å². The van der Waals surface area contributed by atoms with Crippen molar-refractivity contribution < 1.29 is 27.4 Å². The molecule has 3 nitrogen and oxygen atoms in total. The Morgan fingerprint density at radius 1 is 1.27 bits per heavy atom. The molecule has 0 bridgehead atoms. The van der Waals surface area contributed by atoms with E-state index in [1.54, 1.807) is 0 Å². The second kappa shape index (κ2) is 4.20. The summed E-state index contributed by atoms with van der Waals surface area (Å²) in [5.74, 6) is -4.46. The van der Waals surface area contributed by atoms with Gasteiger partial charge in [-0.25, -0.2) is 18.0 Å². The quantitative estimate of drug-likeness (QED) is 0.414. The summed E-state index contributed by atoms with van der Waals surface area (Å²) in [4.78, 5) is 10.7. The van der Waals surface area contributed by atoms with Crippen molar-refractivity contribution in [2.45, 2.75) is 6.92 Å². The molecule has 0 aliphatic heterocycles. The van der Waals surface area contributed by atoms with E-state index >= 15 is 0 Å². The molecule has 0 atom stereocenters. The summed E-state index contributed by atoms with van der Waals surface area (Å²) in [5.41, 5.74) is -0.432. The number of rotatable bonds is 1. The van der Waals surface area contributed by atoms with Crippen molar-refractivity contribution in [3.05, 3.63) is 29.1 Å². The molecule has 15 heavy (non-hydrogen) atoms. The number of methoxy groups -OCH3 is 1. The lowest BCUT2D eigenvalue weighted by atomic mass is 10.2. The number of halogens is 3. The number of carbonyl (C=O) groups is 1. The summed E-state index contributed by atoms with van der Waals surface area (Å²) in [6, 6.07) is 0.292. The molecule has 0 saturated heterocycles. The summed E-state index contributed by atoms with van der Waals surface area (Å²) in [5, 5.41) is 0. The fourth-order valence-corrected chi connectivity index (χ4v) is 0.948.